The van der Waals surface area contributed by atoms with E-state index in [1.807, 2.05) is 30.0 Å². The second-order valence-corrected chi connectivity index (χ2v) is 7.01. The zero-order valence-electron chi connectivity index (χ0n) is 16.2. The van der Waals surface area contributed by atoms with Gasteiger partial charge in [-0.1, -0.05) is 12.1 Å². The fourth-order valence-corrected chi connectivity index (χ4v) is 3.38. The van der Waals surface area contributed by atoms with Crippen molar-refractivity contribution >= 4 is 28.8 Å². The summed E-state index contributed by atoms with van der Waals surface area (Å²) in [7, 11) is 0. The van der Waals surface area contributed by atoms with E-state index in [1.54, 1.807) is 29.6 Å². The first kappa shape index (κ1) is 18.9. The van der Waals surface area contributed by atoms with Gasteiger partial charge in [0.25, 0.3) is 5.91 Å². The van der Waals surface area contributed by atoms with E-state index in [1.165, 1.54) is 0 Å². The number of anilines is 1. The Morgan fingerprint density at radius 2 is 1.90 bits per heavy atom. The van der Waals surface area contributed by atoms with Gasteiger partial charge in [-0.3, -0.25) is 9.59 Å². The molecule has 1 fully saturated rings. The van der Waals surface area contributed by atoms with E-state index in [9.17, 15) is 9.59 Å². The fraction of sp³-hybridized carbons (Fsp3) is 0.333. The number of carbonyl (C=O) groups excluding carboxylic acids is 2. The molecule has 8 nitrogen and oxygen atoms in total. The van der Waals surface area contributed by atoms with Crippen LogP contribution in [0.1, 0.15) is 11.1 Å². The molecule has 0 aliphatic carbocycles. The lowest BCUT2D eigenvalue weighted by Gasteiger charge is -2.34. The summed E-state index contributed by atoms with van der Waals surface area (Å²) in [5.41, 5.74) is 2.59. The van der Waals surface area contributed by atoms with Gasteiger partial charge < -0.3 is 19.0 Å². The number of hydrogen-bond acceptors (Lipinski definition) is 7. The number of carbonyl (C=O) groups is 2. The van der Waals surface area contributed by atoms with Crippen LogP contribution in [0.25, 0.3) is 11.0 Å². The van der Waals surface area contributed by atoms with Gasteiger partial charge >= 0.3 is 5.97 Å². The van der Waals surface area contributed by atoms with Crippen molar-refractivity contribution in [3.63, 3.8) is 0 Å². The maximum Gasteiger partial charge on any atom is 0.310 e. The Morgan fingerprint density at radius 1 is 1.14 bits per heavy atom. The minimum absolute atomic E-state index is 0.0719. The van der Waals surface area contributed by atoms with Crippen LogP contribution in [-0.4, -0.2) is 59.5 Å². The summed E-state index contributed by atoms with van der Waals surface area (Å²) in [4.78, 5) is 36.7. The summed E-state index contributed by atoms with van der Waals surface area (Å²) in [6, 6.07) is 7.59. The zero-order chi connectivity index (χ0) is 20.2. The predicted molar refractivity (Wildman–Crippen MR) is 106 cm³/mol. The zero-order valence-corrected chi connectivity index (χ0v) is 16.2. The molecular formula is C21H22N4O4. The van der Waals surface area contributed by atoms with Gasteiger partial charge in [-0.25, -0.2) is 9.97 Å². The van der Waals surface area contributed by atoms with Crippen molar-refractivity contribution in [2.75, 3.05) is 37.7 Å². The molecule has 1 amide bonds. The van der Waals surface area contributed by atoms with Crippen LogP contribution in [-0.2, 0) is 20.7 Å². The van der Waals surface area contributed by atoms with E-state index in [2.05, 4.69) is 9.97 Å². The molecule has 0 unspecified atom stereocenters. The number of benzene rings is 1. The Morgan fingerprint density at radius 3 is 2.66 bits per heavy atom. The number of piperazine rings is 1. The number of rotatable bonds is 5. The second kappa shape index (κ2) is 8.30. The van der Waals surface area contributed by atoms with Gasteiger partial charge in [0.2, 0.25) is 5.95 Å². The average Bonchev–Trinajstić information content (AvgIpc) is 3.14. The molecule has 3 aromatic rings. The first-order valence-electron chi connectivity index (χ1n) is 9.52. The van der Waals surface area contributed by atoms with Crippen LogP contribution < -0.4 is 4.90 Å². The van der Waals surface area contributed by atoms with Gasteiger partial charge in [-0.2, -0.15) is 0 Å². The first-order chi connectivity index (χ1) is 14.1. The molecule has 0 radical (unpaired) electrons. The van der Waals surface area contributed by atoms with Gasteiger partial charge in [0.15, 0.2) is 6.61 Å². The van der Waals surface area contributed by atoms with Crippen molar-refractivity contribution in [3.05, 3.63) is 54.0 Å². The number of ether oxygens (including phenoxy) is 1. The van der Waals surface area contributed by atoms with Crippen LogP contribution in [0.15, 0.2) is 47.3 Å². The Labute approximate surface area is 168 Å². The van der Waals surface area contributed by atoms with E-state index in [0.717, 1.165) is 22.1 Å². The number of esters is 1. The molecule has 1 aliphatic rings. The minimum Gasteiger partial charge on any atom is -0.464 e. The highest BCUT2D eigenvalue weighted by Gasteiger charge is 2.23. The summed E-state index contributed by atoms with van der Waals surface area (Å²) in [5.74, 6) is 0.0196. The first-order valence-corrected chi connectivity index (χ1v) is 9.52. The van der Waals surface area contributed by atoms with E-state index in [4.69, 9.17) is 9.15 Å². The molecule has 3 heterocycles. The van der Waals surface area contributed by atoms with E-state index in [-0.39, 0.29) is 18.9 Å². The molecule has 0 N–H and O–H groups in total. The largest absolute Gasteiger partial charge is 0.464 e. The third kappa shape index (κ3) is 4.37. The SMILES string of the molecule is Cc1ccc2c(CC(=O)OCC(=O)N3CCN(c4ncccn4)CC3)coc2c1. The molecule has 29 heavy (non-hydrogen) atoms. The molecule has 0 spiro atoms. The van der Waals surface area contributed by atoms with Crippen LogP contribution in [0.2, 0.25) is 0 Å². The average molecular weight is 394 g/mol. The summed E-state index contributed by atoms with van der Waals surface area (Å²) in [5, 5.41) is 0.887. The highest BCUT2D eigenvalue weighted by molar-refractivity contribution is 5.87. The topological polar surface area (TPSA) is 88.8 Å². The Hall–Kier alpha value is -3.42. The fourth-order valence-electron chi connectivity index (χ4n) is 3.38. The maximum absolute atomic E-state index is 12.4. The lowest BCUT2D eigenvalue weighted by molar-refractivity contribution is -0.151. The van der Waals surface area contributed by atoms with E-state index in [0.29, 0.717) is 32.1 Å². The molecule has 150 valence electrons. The minimum atomic E-state index is -0.446. The second-order valence-electron chi connectivity index (χ2n) is 7.01. The smallest absolute Gasteiger partial charge is 0.310 e. The third-order valence-electron chi connectivity index (χ3n) is 4.97. The number of aromatic nitrogens is 2. The quantitative estimate of drug-likeness (QED) is 0.611. The molecule has 1 aromatic carbocycles. The van der Waals surface area contributed by atoms with Crippen molar-refractivity contribution < 1.29 is 18.7 Å². The van der Waals surface area contributed by atoms with Gasteiger partial charge in [0.1, 0.15) is 5.58 Å². The van der Waals surface area contributed by atoms with E-state index >= 15 is 0 Å². The molecule has 1 aliphatic heterocycles. The van der Waals surface area contributed by atoms with Crippen molar-refractivity contribution in [1.29, 1.82) is 0 Å². The molecular weight excluding hydrogens is 372 g/mol. The van der Waals surface area contributed by atoms with Crippen molar-refractivity contribution in [2.45, 2.75) is 13.3 Å². The Kier molecular flexibility index (Phi) is 5.41. The summed E-state index contributed by atoms with van der Waals surface area (Å²) < 4.78 is 10.7. The number of aryl methyl sites for hydroxylation is 1. The molecule has 0 saturated carbocycles. The summed E-state index contributed by atoms with van der Waals surface area (Å²) in [6.45, 7) is 4.10. The van der Waals surface area contributed by atoms with Gasteiger partial charge in [0, 0.05) is 49.5 Å². The van der Waals surface area contributed by atoms with Crippen LogP contribution in [0.5, 0.6) is 0 Å². The van der Waals surface area contributed by atoms with Crippen LogP contribution in [0.4, 0.5) is 5.95 Å². The van der Waals surface area contributed by atoms with Crippen molar-refractivity contribution in [3.8, 4) is 0 Å². The lowest BCUT2D eigenvalue weighted by Crippen LogP contribution is -2.50. The predicted octanol–water partition coefficient (Wildman–Crippen LogP) is 1.97. The third-order valence-corrected chi connectivity index (χ3v) is 4.97. The Balaban J connectivity index is 1.26. The molecule has 2 aromatic heterocycles. The maximum atomic E-state index is 12.4. The normalized spacial score (nSPS) is 14.2. The molecule has 1 saturated heterocycles. The number of nitrogens with zero attached hydrogens (tertiary/aromatic N) is 4. The highest BCUT2D eigenvalue weighted by atomic mass is 16.5. The molecule has 8 heteroatoms. The summed E-state index contributed by atoms with van der Waals surface area (Å²) in [6.07, 6.45) is 5.04. The van der Waals surface area contributed by atoms with E-state index < -0.39 is 5.97 Å². The van der Waals surface area contributed by atoms with Gasteiger partial charge in [-0.05, 0) is 24.6 Å². The van der Waals surface area contributed by atoms with Gasteiger partial charge in [0.05, 0.1) is 12.7 Å². The number of fused-ring (bicyclic) bond motifs is 1. The number of furan rings is 1. The summed E-state index contributed by atoms with van der Waals surface area (Å²) >= 11 is 0. The molecule has 0 bridgehead atoms. The highest BCUT2D eigenvalue weighted by Crippen LogP contribution is 2.23. The van der Waals surface area contributed by atoms with Crippen LogP contribution in [0.3, 0.4) is 0 Å². The lowest BCUT2D eigenvalue weighted by atomic mass is 10.1. The number of hydrogen-bond donors (Lipinski definition) is 0. The standard InChI is InChI=1S/C21H22N4O4/c1-15-3-4-17-16(13-28-18(17)11-15)12-20(27)29-14-19(26)24-7-9-25(10-8-24)21-22-5-2-6-23-21/h2-6,11,13H,7-10,12,14H2,1H3. The molecule has 0 atom stereocenters. The Bertz CT molecular complexity index is 1010. The van der Waals surface area contributed by atoms with Crippen LogP contribution >= 0.6 is 0 Å². The number of amides is 1. The van der Waals surface area contributed by atoms with Crippen molar-refractivity contribution in [1.82, 2.24) is 14.9 Å². The monoisotopic (exact) mass is 394 g/mol. The van der Waals surface area contributed by atoms with Crippen LogP contribution in [0, 0.1) is 6.92 Å². The van der Waals surface area contributed by atoms with Crippen molar-refractivity contribution in [2.24, 2.45) is 0 Å². The molecule has 4 rings (SSSR count). The van der Waals surface area contributed by atoms with Gasteiger partial charge in [-0.15, -0.1) is 0 Å².